The Kier molecular flexibility index (Phi) is 8.38. The number of aliphatic carboxylic acids is 2. The van der Waals surface area contributed by atoms with E-state index in [0.717, 1.165) is 17.7 Å². The maximum Gasteiger partial charge on any atom is 0.414 e. The molecule has 0 saturated heterocycles. The van der Waals surface area contributed by atoms with E-state index in [-0.39, 0.29) is 12.6 Å². The lowest BCUT2D eigenvalue weighted by molar-refractivity contribution is -0.159. The van der Waals surface area contributed by atoms with Crippen molar-refractivity contribution >= 4 is 22.7 Å². The van der Waals surface area contributed by atoms with Crippen LogP contribution < -0.4 is 10.1 Å². The van der Waals surface area contributed by atoms with E-state index in [9.17, 15) is 5.11 Å². The number of aliphatic hydroxyl groups excluding tert-OH is 1. The van der Waals surface area contributed by atoms with Crippen LogP contribution in [0.25, 0.3) is 10.8 Å². The third-order valence-corrected chi connectivity index (χ3v) is 3.68. The first kappa shape index (κ1) is 20.4. The third-order valence-electron chi connectivity index (χ3n) is 3.68. The van der Waals surface area contributed by atoms with Crippen molar-refractivity contribution in [2.24, 2.45) is 0 Å². The van der Waals surface area contributed by atoms with E-state index in [1.54, 1.807) is 7.11 Å². The van der Waals surface area contributed by atoms with Crippen molar-refractivity contribution in [3.63, 3.8) is 0 Å². The molecule has 7 heteroatoms. The monoisotopic (exact) mass is 349 g/mol. The van der Waals surface area contributed by atoms with Gasteiger partial charge in [0.05, 0.1) is 13.7 Å². The van der Waals surface area contributed by atoms with Crippen LogP contribution in [-0.2, 0) is 16.1 Å². The van der Waals surface area contributed by atoms with Gasteiger partial charge in [-0.15, -0.1) is 0 Å². The van der Waals surface area contributed by atoms with E-state index in [1.807, 2.05) is 18.2 Å². The number of rotatable bonds is 6. The Balaban J connectivity index is 0.000000450. The molecule has 2 rings (SSSR count). The van der Waals surface area contributed by atoms with Gasteiger partial charge < -0.3 is 25.4 Å². The van der Waals surface area contributed by atoms with Crippen LogP contribution in [0.2, 0.25) is 0 Å². The second-order valence-corrected chi connectivity index (χ2v) is 5.25. The average molecular weight is 349 g/mol. The highest BCUT2D eigenvalue weighted by Gasteiger charge is 2.10. The van der Waals surface area contributed by atoms with Gasteiger partial charge in [0.15, 0.2) is 0 Å². The molecule has 0 bridgehead atoms. The molecule has 0 saturated carbocycles. The first-order chi connectivity index (χ1) is 11.9. The number of carboxylic acids is 2. The first-order valence-electron chi connectivity index (χ1n) is 7.79. The summed E-state index contributed by atoms with van der Waals surface area (Å²) in [7, 11) is 1.69. The van der Waals surface area contributed by atoms with Gasteiger partial charge in [0.1, 0.15) is 5.75 Å². The number of fused-ring (bicyclic) bond motifs is 1. The van der Waals surface area contributed by atoms with Crippen LogP contribution in [0.3, 0.4) is 0 Å². The maximum atomic E-state index is 9.25. The highest BCUT2D eigenvalue weighted by atomic mass is 16.5. The Bertz CT molecular complexity index is 700. The lowest BCUT2D eigenvalue weighted by Crippen LogP contribution is -2.31. The van der Waals surface area contributed by atoms with Gasteiger partial charge >= 0.3 is 11.9 Å². The lowest BCUT2D eigenvalue weighted by atomic mass is 10.0. The molecule has 0 aliphatic heterocycles. The van der Waals surface area contributed by atoms with Gasteiger partial charge in [-0.3, -0.25) is 0 Å². The minimum atomic E-state index is -1.82. The smallest absolute Gasteiger partial charge is 0.414 e. The van der Waals surface area contributed by atoms with Crippen LogP contribution in [0.1, 0.15) is 18.9 Å². The van der Waals surface area contributed by atoms with Crippen molar-refractivity contribution in [3.05, 3.63) is 42.0 Å². The summed E-state index contributed by atoms with van der Waals surface area (Å²) < 4.78 is 5.45. The molecule has 25 heavy (non-hydrogen) atoms. The molecule has 0 fully saturated rings. The minimum Gasteiger partial charge on any atom is -0.496 e. The fourth-order valence-corrected chi connectivity index (χ4v) is 2.27. The summed E-state index contributed by atoms with van der Waals surface area (Å²) in [5.41, 5.74) is 1.15. The van der Waals surface area contributed by atoms with Crippen molar-refractivity contribution in [1.29, 1.82) is 0 Å². The second-order valence-electron chi connectivity index (χ2n) is 5.25. The largest absolute Gasteiger partial charge is 0.496 e. The number of methoxy groups -OCH3 is 1. The van der Waals surface area contributed by atoms with Crippen molar-refractivity contribution in [3.8, 4) is 5.75 Å². The van der Waals surface area contributed by atoms with Crippen LogP contribution >= 0.6 is 0 Å². The quantitative estimate of drug-likeness (QED) is 0.588. The number of ether oxygens (including phenoxy) is 1. The number of hydrogen-bond acceptors (Lipinski definition) is 5. The highest BCUT2D eigenvalue weighted by Crippen LogP contribution is 2.27. The predicted molar refractivity (Wildman–Crippen MR) is 93.8 cm³/mol. The van der Waals surface area contributed by atoms with Crippen LogP contribution in [-0.4, -0.2) is 47.0 Å². The van der Waals surface area contributed by atoms with Crippen LogP contribution in [0.4, 0.5) is 0 Å². The fraction of sp³-hybridized carbons (Fsp3) is 0.333. The van der Waals surface area contributed by atoms with E-state index < -0.39 is 11.9 Å². The zero-order valence-electron chi connectivity index (χ0n) is 14.2. The summed E-state index contributed by atoms with van der Waals surface area (Å²) in [5.74, 6) is -2.76. The Morgan fingerprint density at radius 2 is 1.76 bits per heavy atom. The maximum absolute atomic E-state index is 9.25. The van der Waals surface area contributed by atoms with E-state index in [2.05, 4.69) is 30.4 Å². The molecule has 4 N–H and O–H groups in total. The summed E-state index contributed by atoms with van der Waals surface area (Å²) in [6, 6.07) is 12.5. The number of carboxylic acid groups (broad SMARTS) is 2. The molecule has 0 aromatic heterocycles. The molecule has 2 aromatic rings. The van der Waals surface area contributed by atoms with E-state index in [0.29, 0.717) is 6.54 Å². The van der Waals surface area contributed by atoms with E-state index >= 15 is 0 Å². The van der Waals surface area contributed by atoms with E-state index in [4.69, 9.17) is 24.5 Å². The molecular formula is C18H23NO6. The van der Waals surface area contributed by atoms with Gasteiger partial charge in [-0.05, 0) is 23.3 Å². The molecular weight excluding hydrogens is 326 g/mol. The molecule has 136 valence electrons. The Labute approximate surface area is 145 Å². The van der Waals surface area contributed by atoms with Gasteiger partial charge in [-0.2, -0.15) is 0 Å². The zero-order valence-corrected chi connectivity index (χ0v) is 14.2. The molecule has 0 heterocycles. The molecule has 0 amide bonds. The number of nitrogens with one attached hydrogen (secondary N) is 1. The molecule has 0 radical (unpaired) electrons. The SMILES string of the molecule is CCC(CO)NCc1c(OC)ccc2ccccc12.O=C(O)C(=O)O. The van der Waals surface area contributed by atoms with Crippen LogP contribution in [0.15, 0.2) is 36.4 Å². The van der Waals surface area contributed by atoms with Gasteiger partial charge in [-0.1, -0.05) is 37.3 Å². The number of benzene rings is 2. The summed E-state index contributed by atoms with van der Waals surface area (Å²) in [6.07, 6.45) is 0.906. The molecule has 1 atom stereocenters. The normalized spacial score (nSPS) is 11.3. The number of hydrogen-bond donors (Lipinski definition) is 4. The lowest BCUT2D eigenvalue weighted by Gasteiger charge is -2.17. The Hall–Kier alpha value is -2.64. The van der Waals surface area contributed by atoms with Gasteiger partial charge in [0.2, 0.25) is 0 Å². The van der Waals surface area contributed by atoms with Crippen molar-refractivity contribution in [2.45, 2.75) is 25.9 Å². The standard InChI is InChI=1S/C16H21NO2.C2H2O4/c1-3-13(11-18)17-10-15-14-7-5-4-6-12(14)8-9-16(15)19-2;3-1(4)2(5)6/h4-9,13,17-18H,3,10-11H2,1-2H3;(H,3,4)(H,5,6). The average Bonchev–Trinajstić information content (AvgIpc) is 2.62. The molecule has 0 spiro atoms. The fourth-order valence-electron chi connectivity index (χ4n) is 2.27. The second kappa shape index (κ2) is 10.3. The third kappa shape index (κ3) is 6.06. The van der Waals surface area contributed by atoms with Gasteiger partial charge in [-0.25, -0.2) is 9.59 Å². The number of carbonyl (C=O) groups is 2. The van der Waals surface area contributed by atoms with Crippen LogP contribution in [0, 0.1) is 0 Å². The molecule has 7 nitrogen and oxygen atoms in total. The molecule has 0 aliphatic carbocycles. The zero-order chi connectivity index (χ0) is 18.8. The number of aliphatic hydroxyl groups is 1. The summed E-state index contributed by atoms with van der Waals surface area (Å²) in [4.78, 5) is 18.2. The summed E-state index contributed by atoms with van der Waals surface area (Å²) in [6.45, 7) is 2.92. The summed E-state index contributed by atoms with van der Waals surface area (Å²) in [5, 5.41) is 29.8. The highest BCUT2D eigenvalue weighted by molar-refractivity contribution is 6.27. The molecule has 0 aliphatic rings. The molecule has 1 unspecified atom stereocenters. The minimum absolute atomic E-state index is 0.128. The topological polar surface area (TPSA) is 116 Å². The van der Waals surface area contributed by atoms with Crippen molar-refractivity contribution in [2.75, 3.05) is 13.7 Å². The first-order valence-corrected chi connectivity index (χ1v) is 7.79. The van der Waals surface area contributed by atoms with Gasteiger partial charge in [0.25, 0.3) is 0 Å². The Morgan fingerprint density at radius 1 is 1.12 bits per heavy atom. The van der Waals surface area contributed by atoms with E-state index in [1.165, 1.54) is 10.8 Å². The Morgan fingerprint density at radius 3 is 2.28 bits per heavy atom. The van der Waals surface area contributed by atoms with Crippen molar-refractivity contribution < 1.29 is 29.6 Å². The predicted octanol–water partition coefficient (Wildman–Crippen LogP) is 1.86. The van der Waals surface area contributed by atoms with Crippen LogP contribution in [0.5, 0.6) is 5.75 Å². The van der Waals surface area contributed by atoms with Crippen molar-refractivity contribution in [1.82, 2.24) is 5.32 Å². The summed E-state index contributed by atoms with van der Waals surface area (Å²) >= 11 is 0. The van der Waals surface area contributed by atoms with Gasteiger partial charge in [0, 0.05) is 18.2 Å². The molecule has 2 aromatic carbocycles.